The summed E-state index contributed by atoms with van der Waals surface area (Å²) in [4.78, 5) is 17.1. The van der Waals surface area contributed by atoms with Crippen molar-refractivity contribution in [1.29, 1.82) is 0 Å². The lowest BCUT2D eigenvalue weighted by atomic mass is 10.2. The van der Waals surface area contributed by atoms with Gasteiger partial charge in [0.15, 0.2) is 9.84 Å². The lowest BCUT2D eigenvalue weighted by molar-refractivity contribution is -0.115. The summed E-state index contributed by atoms with van der Waals surface area (Å²) in [6, 6.07) is 8.93. The second-order valence-corrected chi connectivity index (χ2v) is 10.5. The van der Waals surface area contributed by atoms with Crippen LogP contribution in [0.15, 0.2) is 35.7 Å². The zero-order chi connectivity index (χ0) is 20.6. The highest BCUT2D eigenvalue weighted by atomic mass is 35.5. The van der Waals surface area contributed by atoms with Crippen LogP contribution in [0.25, 0.3) is 10.6 Å². The van der Waals surface area contributed by atoms with Gasteiger partial charge < -0.3 is 5.32 Å². The minimum Gasteiger partial charge on any atom is -0.311 e. The van der Waals surface area contributed by atoms with Crippen molar-refractivity contribution in [3.05, 3.63) is 52.1 Å². The van der Waals surface area contributed by atoms with E-state index in [0.29, 0.717) is 23.0 Å². The maximum Gasteiger partial charge on any atom is 0.231 e. The first-order valence-corrected chi connectivity index (χ1v) is 12.1. The van der Waals surface area contributed by atoms with Crippen molar-refractivity contribution in [1.82, 2.24) is 14.8 Å². The van der Waals surface area contributed by atoms with Gasteiger partial charge in [-0.2, -0.15) is 5.10 Å². The summed E-state index contributed by atoms with van der Waals surface area (Å²) in [6.45, 7) is 1.81. The van der Waals surface area contributed by atoms with Gasteiger partial charge in [-0.1, -0.05) is 29.8 Å². The number of aromatic nitrogens is 3. The topological polar surface area (TPSA) is 94.0 Å². The summed E-state index contributed by atoms with van der Waals surface area (Å²) in [5, 5.41) is 10.4. The number of sulfone groups is 1. The molecule has 3 aromatic rings. The molecule has 1 aliphatic rings. The molecule has 2 aromatic heterocycles. The lowest BCUT2D eigenvalue weighted by Gasteiger charge is -2.13. The van der Waals surface area contributed by atoms with Crippen LogP contribution in [-0.2, 0) is 21.1 Å². The number of anilines is 1. The van der Waals surface area contributed by atoms with Crippen molar-refractivity contribution < 1.29 is 13.2 Å². The second kappa shape index (κ2) is 7.89. The molecule has 0 bridgehead atoms. The Bertz CT molecular complexity index is 1170. The lowest BCUT2D eigenvalue weighted by Crippen LogP contribution is -2.20. The van der Waals surface area contributed by atoms with Gasteiger partial charge in [0.25, 0.3) is 0 Å². The van der Waals surface area contributed by atoms with Crippen LogP contribution in [0, 0.1) is 6.92 Å². The first kappa shape index (κ1) is 20.1. The van der Waals surface area contributed by atoms with Gasteiger partial charge in [-0.3, -0.25) is 4.79 Å². The predicted octanol–water partition coefficient (Wildman–Crippen LogP) is 3.51. The maximum absolute atomic E-state index is 12.6. The predicted molar refractivity (Wildman–Crippen MR) is 114 cm³/mol. The Labute approximate surface area is 177 Å². The van der Waals surface area contributed by atoms with Gasteiger partial charge in [0, 0.05) is 17.0 Å². The van der Waals surface area contributed by atoms with E-state index in [1.54, 1.807) is 16.8 Å². The molecule has 152 valence electrons. The Morgan fingerprint density at radius 2 is 2.17 bits per heavy atom. The summed E-state index contributed by atoms with van der Waals surface area (Å²) >= 11 is 7.65. The average molecular weight is 451 g/mol. The summed E-state index contributed by atoms with van der Waals surface area (Å²) in [6.07, 6.45) is 0.605. The van der Waals surface area contributed by atoms with E-state index in [2.05, 4.69) is 15.4 Å². The Hall–Kier alpha value is -2.23. The van der Waals surface area contributed by atoms with Crippen molar-refractivity contribution in [2.75, 3.05) is 16.8 Å². The number of thiazole rings is 1. The first-order valence-electron chi connectivity index (χ1n) is 9.06. The van der Waals surface area contributed by atoms with Crippen molar-refractivity contribution in [2.45, 2.75) is 25.8 Å². The van der Waals surface area contributed by atoms with Crippen LogP contribution in [-0.4, -0.2) is 40.6 Å². The second-order valence-electron chi connectivity index (χ2n) is 7.02. The van der Waals surface area contributed by atoms with Gasteiger partial charge in [-0.25, -0.2) is 18.1 Å². The van der Waals surface area contributed by atoms with Crippen LogP contribution in [0.5, 0.6) is 0 Å². The van der Waals surface area contributed by atoms with Crippen molar-refractivity contribution in [3.63, 3.8) is 0 Å². The van der Waals surface area contributed by atoms with Gasteiger partial charge in [-0.15, -0.1) is 11.3 Å². The Kier molecular flexibility index (Phi) is 5.46. The molecule has 29 heavy (non-hydrogen) atoms. The van der Waals surface area contributed by atoms with Crippen LogP contribution in [0.2, 0.25) is 5.02 Å². The molecule has 7 nitrogen and oxygen atoms in total. The zero-order valence-corrected chi connectivity index (χ0v) is 18.0. The Morgan fingerprint density at radius 1 is 1.38 bits per heavy atom. The minimum atomic E-state index is -3.05. The summed E-state index contributed by atoms with van der Waals surface area (Å²) in [5.41, 5.74) is 2.20. The smallest absolute Gasteiger partial charge is 0.231 e. The monoisotopic (exact) mass is 450 g/mol. The number of rotatable bonds is 5. The fraction of sp³-hybridized carbons (Fsp3) is 0.316. The highest BCUT2D eigenvalue weighted by Gasteiger charge is 2.31. The average Bonchev–Trinajstić information content (AvgIpc) is 3.34. The molecule has 10 heteroatoms. The maximum atomic E-state index is 12.6. The van der Waals surface area contributed by atoms with Crippen LogP contribution >= 0.6 is 22.9 Å². The minimum absolute atomic E-state index is 0.0459. The highest BCUT2D eigenvalue weighted by molar-refractivity contribution is 7.91. The summed E-state index contributed by atoms with van der Waals surface area (Å²) < 4.78 is 25.2. The van der Waals surface area contributed by atoms with Gasteiger partial charge in [0.1, 0.15) is 10.8 Å². The SMILES string of the molecule is Cc1cc(NC(=O)Cc2csc(-c3ccccc3Cl)n2)n(C2CCS(=O)(=O)C2)n1. The van der Waals surface area contributed by atoms with E-state index < -0.39 is 9.84 Å². The summed E-state index contributed by atoms with van der Waals surface area (Å²) in [7, 11) is -3.05. The molecule has 1 amide bonds. The third-order valence-electron chi connectivity index (χ3n) is 4.68. The van der Waals surface area contributed by atoms with E-state index >= 15 is 0 Å². The number of carbonyl (C=O) groups excluding carboxylic acids is 1. The van der Waals surface area contributed by atoms with Gasteiger partial charge >= 0.3 is 0 Å². The van der Waals surface area contributed by atoms with E-state index in [0.717, 1.165) is 16.3 Å². The van der Waals surface area contributed by atoms with Crippen molar-refractivity contribution >= 4 is 44.5 Å². The number of nitrogens with one attached hydrogen (secondary N) is 1. The number of benzene rings is 1. The fourth-order valence-corrected chi connectivity index (χ4v) is 6.19. The normalized spacial score (nSPS) is 18.1. The molecule has 0 saturated carbocycles. The molecule has 1 fully saturated rings. The molecule has 3 heterocycles. The number of hydrogen-bond donors (Lipinski definition) is 1. The molecule has 1 aliphatic heterocycles. The summed E-state index contributed by atoms with van der Waals surface area (Å²) in [5.74, 6) is 0.469. The molecule has 1 aromatic carbocycles. The number of hydrogen-bond acceptors (Lipinski definition) is 6. The standard InChI is InChI=1S/C19H19ClN4O3S2/c1-12-8-17(24(23-12)14-6-7-29(26,27)11-14)22-18(25)9-13-10-28-19(21-13)15-4-2-3-5-16(15)20/h2-5,8,10,14H,6-7,9,11H2,1H3,(H,22,25). The van der Waals surface area contributed by atoms with E-state index in [1.807, 2.05) is 30.5 Å². The number of carbonyl (C=O) groups is 1. The highest BCUT2D eigenvalue weighted by Crippen LogP contribution is 2.30. The molecule has 1 atom stereocenters. The Morgan fingerprint density at radius 3 is 2.90 bits per heavy atom. The number of halogens is 1. The third-order valence-corrected chi connectivity index (χ3v) is 7.68. The van der Waals surface area contributed by atoms with Crippen LogP contribution in [0.1, 0.15) is 23.9 Å². The molecule has 1 unspecified atom stereocenters. The van der Waals surface area contributed by atoms with Gasteiger partial charge in [-0.05, 0) is 19.4 Å². The molecule has 0 aliphatic carbocycles. The molecule has 1 N–H and O–H groups in total. The van der Waals surface area contributed by atoms with Crippen molar-refractivity contribution in [3.8, 4) is 10.6 Å². The number of aryl methyl sites for hydroxylation is 1. The quantitative estimate of drug-likeness (QED) is 0.641. The van der Waals surface area contributed by atoms with E-state index in [-0.39, 0.29) is 29.9 Å². The molecule has 0 radical (unpaired) electrons. The molecule has 1 saturated heterocycles. The van der Waals surface area contributed by atoms with Crippen molar-refractivity contribution in [2.24, 2.45) is 0 Å². The zero-order valence-electron chi connectivity index (χ0n) is 15.6. The third kappa shape index (κ3) is 4.52. The first-order chi connectivity index (χ1) is 13.8. The van der Waals surface area contributed by atoms with Crippen LogP contribution < -0.4 is 5.32 Å². The number of amides is 1. The van der Waals surface area contributed by atoms with E-state index in [4.69, 9.17) is 11.6 Å². The van der Waals surface area contributed by atoms with Gasteiger partial charge in [0.2, 0.25) is 5.91 Å². The Balaban J connectivity index is 1.47. The molecular weight excluding hydrogens is 432 g/mol. The van der Waals surface area contributed by atoms with E-state index in [1.165, 1.54) is 11.3 Å². The molecule has 4 rings (SSSR count). The van der Waals surface area contributed by atoms with Crippen LogP contribution in [0.3, 0.4) is 0 Å². The van der Waals surface area contributed by atoms with Gasteiger partial charge in [0.05, 0.1) is 40.4 Å². The largest absolute Gasteiger partial charge is 0.311 e. The van der Waals surface area contributed by atoms with Crippen LogP contribution in [0.4, 0.5) is 5.82 Å². The molecular formula is C19H19ClN4O3S2. The number of nitrogens with zero attached hydrogens (tertiary/aromatic N) is 3. The molecule has 0 spiro atoms. The van der Waals surface area contributed by atoms with E-state index in [9.17, 15) is 13.2 Å². The fourth-order valence-electron chi connectivity index (χ4n) is 3.35.